The first-order chi connectivity index (χ1) is 10.3. The van der Waals surface area contributed by atoms with E-state index in [1.807, 2.05) is 12.1 Å². The Kier molecular flexibility index (Phi) is 4.66. The Morgan fingerprint density at radius 1 is 0.905 bits per heavy atom. The minimum absolute atomic E-state index is 0.168. The van der Waals surface area contributed by atoms with Gasteiger partial charge in [0.05, 0.1) is 0 Å². The highest BCUT2D eigenvalue weighted by Gasteiger charge is 2.18. The van der Waals surface area contributed by atoms with Crippen molar-refractivity contribution < 1.29 is 4.39 Å². The third-order valence-corrected chi connectivity index (χ3v) is 4.39. The highest BCUT2D eigenvalue weighted by Crippen LogP contribution is 2.36. The average Bonchev–Trinajstić information content (AvgIpc) is 2.45. The van der Waals surface area contributed by atoms with Gasteiger partial charge in [-0.25, -0.2) is 4.39 Å². The Morgan fingerprint density at radius 3 is 2.19 bits per heavy atom. The smallest absolute Gasteiger partial charge is 0.123 e. The monoisotopic (exact) mass is 283 g/mol. The Hall–Kier alpha value is -1.67. The number of hydrogen-bond donors (Lipinski definition) is 1. The van der Waals surface area contributed by atoms with Crippen LogP contribution in [0.25, 0.3) is 0 Å². The fourth-order valence-electron chi connectivity index (χ4n) is 2.77. The molecular formula is C19H22FN. The lowest BCUT2D eigenvalue weighted by molar-refractivity contribution is 0.419. The van der Waals surface area contributed by atoms with Crippen molar-refractivity contribution in [3.05, 3.63) is 71.0 Å². The zero-order chi connectivity index (χ0) is 14.5. The fourth-order valence-corrected chi connectivity index (χ4v) is 2.77. The van der Waals surface area contributed by atoms with Crippen LogP contribution in [-0.2, 0) is 13.0 Å². The van der Waals surface area contributed by atoms with Crippen molar-refractivity contribution in [1.29, 1.82) is 0 Å². The zero-order valence-corrected chi connectivity index (χ0v) is 12.3. The van der Waals surface area contributed by atoms with Crippen LogP contribution in [0.1, 0.15) is 41.9 Å². The van der Waals surface area contributed by atoms with Crippen molar-refractivity contribution in [2.24, 2.45) is 0 Å². The number of nitrogens with one attached hydrogen (secondary N) is 1. The van der Waals surface area contributed by atoms with Crippen LogP contribution in [0, 0.1) is 5.82 Å². The first-order valence-corrected chi connectivity index (χ1v) is 7.85. The normalized spacial score (nSPS) is 14.9. The number of benzene rings is 2. The van der Waals surface area contributed by atoms with Gasteiger partial charge in [0.25, 0.3) is 0 Å². The van der Waals surface area contributed by atoms with E-state index in [0.29, 0.717) is 0 Å². The van der Waals surface area contributed by atoms with Crippen molar-refractivity contribution in [2.75, 3.05) is 6.54 Å². The molecule has 0 heterocycles. The lowest BCUT2D eigenvalue weighted by atomic mass is 9.80. The van der Waals surface area contributed by atoms with Crippen LogP contribution in [0.4, 0.5) is 4.39 Å². The maximum Gasteiger partial charge on any atom is 0.123 e. The summed E-state index contributed by atoms with van der Waals surface area (Å²) >= 11 is 0. The SMILES string of the molecule is Fc1ccc(CCNCc2ccc(C3CCC3)cc2)cc1. The summed E-state index contributed by atoms with van der Waals surface area (Å²) in [6.07, 6.45) is 5.03. The minimum Gasteiger partial charge on any atom is -0.312 e. The number of rotatable bonds is 6. The van der Waals surface area contributed by atoms with E-state index in [1.165, 1.54) is 48.1 Å². The van der Waals surface area contributed by atoms with Gasteiger partial charge in [-0.05, 0) is 60.5 Å². The highest BCUT2D eigenvalue weighted by atomic mass is 19.1. The van der Waals surface area contributed by atoms with Crippen LogP contribution < -0.4 is 5.32 Å². The molecule has 0 aromatic heterocycles. The molecule has 0 unspecified atom stereocenters. The van der Waals surface area contributed by atoms with Crippen molar-refractivity contribution in [3.8, 4) is 0 Å². The van der Waals surface area contributed by atoms with Gasteiger partial charge < -0.3 is 5.32 Å². The lowest BCUT2D eigenvalue weighted by Gasteiger charge is -2.25. The van der Waals surface area contributed by atoms with Crippen LogP contribution in [0.2, 0.25) is 0 Å². The van der Waals surface area contributed by atoms with Crippen LogP contribution in [0.3, 0.4) is 0 Å². The second-order valence-electron chi connectivity index (χ2n) is 5.92. The van der Waals surface area contributed by atoms with Gasteiger partial charge in [0, 0.05) is 6.54 Å². The van der Waals surface area contributed by atoms with E-state index in [2.05, 4.69) is 29.6 Å². The molecule has 1 fully saturated rings. The summed E-state index contributed by atoms with van der Waals surface area (Å²) in [5.74, 6) is 0.642. The molecule has 0 aliphatic heterocycles. The van der Waals surface area contributed by atoms with Gasteiger partial charge >= 0.3 is 0 Å². The Bertz CT molecular complexity index is 555. The molecule has 0 amide bonds. The fraction of sp³-hybridized carbons (Fsp3) is 0.368. The van der Waals surface area contributed by atoms with E-state index in [-0.39, 0.29) is 5.82 Å². The molecule has 110 valence electrons. The summed E-state index contributed by atoms with van der Waals surface area (Å²) in [6.45, 7) is 1.81. The summed E-state index contributed by atoms with van der Waals surface area (Å²) in [5.41, 5.74) is 4.00. The van der Waals surface area contributed by atoms with Gasteiger partial charge in [-0.3, -0.25) is 0 Å². The first kappa shape index (κ1) is 14.3. The van der Waals surface area contributed by atoms with Gasteiger partial charge in [0.15, 0.2) is 0 Å². The molecular weight excluding hydrogens is 261 g/mol. The van der Waals surface area contributed by atoms with Crippen molar-refractivity contribution >= 4 is 0 Å². The summed E-state index contributed by atoms with van der Waals surface area (Å²) in [5, 5.41) is 3.45. The number of halogens is 1. The lowest BCUT2D eigenvalue weighted by Crippen LogP contribution is -2.16. The third kappa shape index (κ3) is 3.92. The standard InChI is InChI=1S/C19H22FN/c20-19-10-6-15(7-11-19)12-13-21-14-16-4-8-18(9-5-16)17-2-1-3-17/h4-11,17,21H,1-3,12-14H2. The predicted molar refractivity (Wildman–Crippen MR) is 84.8 cm³/mol. The molecule has 0 bridgehead atoms. The topological polar surface area (TPSA) is 12.0 Å². The maximum absolute atomic E-state index is 12.8. The van der Waals surface area contributed by atoms with Crippen LogP contribution in [-0.4, -0.2) is 6.54 Å². The summed E-state index contributed by atoms with van der Waals surface area (Å²) < 4.78 is 12.8. The van der Waals surface area contributed by atoms with Crippen molar-refractivity contribution in [3.63, 3.8) is 0 Å². The average molecular weight is 283 g/mol. The van der Waals surface area contributed by atoms with E-state index in [1.54, 1.807) is 0 Å². The summed E-state index contributed by atoms with van der Waals surface area (Å²) in [4.78, 5) is 0. The largest absolute Gasteiger partial charge is 0.312 e. The molecule has 1 N–H and O–H groups in total. The number of hydrogen-bond acceptors (Lipinski definition) is 1. The van der Waals surface area contributed by atoms with Crippen molar-refractivity contribution in [2.45, 2.75) is 38.1 Å². The van der Waals surface area contributed by atoms with Crippen molar-refractivity contribution in [1.82, 2.24) is 5.32 Å². The molecule has 0 saturated heterocycles. The molecule has 2 aromatic carbocycles. The van der Waals surface area contributed by atoms with Gasteiger partial charge in [0.1, 0.15) is 5.82 Å². The molecule has 2 heteroatoms. The Balaban J connectivity index is 1.41. The molecule has 1 saturated carbocycles. The molecule has 0 spiro atoms. The molecule has 1 aliphatic carbocycles. The Morgan fingerprint density at radius 2 is 1.57 bits per heavy atom. The van der Waals surface area contributed by atoms with Gasteiger partial charge in [0.2, 0.25) is 0 Å². The van der Waals surface area contributed by atoms with Crippen LogP contribution >= 0.6 is 0 Å². The molecule has 1 nitrogen and oxygen atoms in total. The van der Waals surface area contributed by atoms with Crippen LogP contribution in [0.15, 0.2) is 48.5 Å². The van der Waals surface area contributed by atoms with Gasteiger partial charge in [-0.1, -0.05) is 42.8 Å². The summed E-state index contributed by atoms with van der Waals surface area (Å²) in [6, 6.07) is 15.8. The Labute approximate surface area is 126 Å². The predicted octanol–water partition coefficient (Wildman–Crippen LogP) is 4.43. The van der Waals surface area contributed by atoms with E-state index in [9.17, 15) is 4.39 Å². The molecule has 3 rings (SSSR count). The first-order valence-electron chi connectivity index (χ1n) is 7.85. The molecule has 1 aliphatic rings. The van der Waals surface area contributed by atoms with E-state index in [4.69, 9.17) is 0 Å². The molecule has 21 heavy (non-hydrogen) atoms. The van der Waals surface area contributed by atoms with Gasteiger partial charge in [-0.15, -0.1) is 0 Å². The molecule has 0 radical (unpaired) electrons. The van der Waals surface area contributed by atoms with E-state index in [0.717, 1.165) is 25.4 Å². The molecule has 0 atom stereocenters. The second-order valence-corrected chi connectivity index (χ2v) is 5.92. The highest BCUT2D eigenvalue weighted by molar-refractivity contribution is 5.26. The van der Waals surface area contributed by atoms with Crippen LogP contribution in [0.5, 0.6) is 0 Å². The second kappa shape index (κ2) is 6.86. The molecule has 2 aromatic rings. The third-order valence-electron chi connectivity index (χ3n) is 4.39. The maximum atomic E-state index is 12.8. The van der Waals surface area contributed by atoms with E-state index < -0.39 is 0 Å². The van der Waals surface area contributed by atoms with E-state index >= 15 is 0 Å². The van der Waals surface area contributed by atoms with Gasteiger partial charge in [-0.2, -0.15) is 0 Å². The summed E-state index contributed by atoms with van der Waals surface area (Å²) in [7, 11) is 0. The quantitative estimate of drug-likeness (QED) is 0.774. The zero-order valence-electron chi connectivity index (χ0n) is 12.3. The minimum atomic E-state index is -0.168.